The van der Waals surface area contributed by atoms with Crippen LogP contribution in [0.5, 0.6) is 11.5 Å². The van der Waals surface area contributed by atoms with E-state index in [1.54, 1.807) is 30.3 Å². The van der Waals surface area contributed by atoms with Gasteiger partial charge >= 0.3 is 5.97 Å². The van der Waals surface area contributed by atoms with Crippen LogP contribution in [0, 0.1) is 0 Å². The number of ether oxygens (including phenoxy) is 2. The second-order valence-corrected chi connectivity index (χ2v) is 6.15. The zero-order valence-corrected chi connectivity index (χ0v) is 16.1. The number of hydrogen-bond acceptors (Lipinski definition) is 5. The topological polar surface area (TPSA) is 77.0 Å². The maximum absolute atomic E-state index is 12.3. The largest absolute Gasteiger partial charge is 0.493 e. The Bertz CT molecular complexity index is 1030. The Kier molecular flexibility index (Phi) is 6.37. The number of esters is 1. The van der Waals surface area contributed by atoms with Crippen molar-refractivity contribution in [2.75, 3.05) is 7.11 Å². The Morgan fingerprint density at radius 3 is 2.24 bits per heavy atom. The minimum absolute atomic E-state index is 0.315. The quantitative estimate of drug-likeness (QED) is 0.299. The first-order valence-corrected chi connectivity index (χ1v) is 8.92. The Morgan fingerprint density at radius 1 is 0.897 bits per heavy atom. The zero-order valence-electron chi connectivity index (χ0n) is 16.1. The van der Waals surface area contributed by atoms with E-state index in [-0.39, 0.29) is 5.91 Å². The van der Waals surface area contributed by atoms with Crippen LogP contribution in [0.4, 0.5) is 0 Å². The smallest absolute Gasteiger partial charge is 0.308 e. The summed E-state index contributed by atoms with van der Waals surface area (Å²) < 4.78 is 10.3. The molecular formula is C23H20N2O4. The standard InChI is InChI=1S/C23H20N2O4/c1-16(26)29-21-13-8-17(14-22(21)28-2)15-24-25-23(27)20-11-9-19(10-12-20)18-6-4-3-5-7-18/h3-15H,1-2H3,(H,25,27). The predicted molar refractivity (Wildman–Crippen MR) is 111 cm³/mol. The molecule has 3 aromatic rings. The zero-order chi connectivity index (χ0) is 20.6. The van der Waals surface area contributed by atoms with E-state index in [9.17, 15) is 9.59 Å². The van der Waals surface area contributed by atoms with Crippen LogP contribution in [0.2, 0.25) is 0 Å². The van der Waals surface area contributed by atoms with Crippen molar-refractivity contribution in [3.8, 4) is 22.6 Å². The van der Waals surface area contributed by atoms with Crippen molar-refractivity contribution in [2.24, 2.45) is 5.10 Å². The molecular weight excluding hydrogens is 368 g/mol. The normalized spacial score (nSPS) is 10.6. The van der Waals surface area contributed by atoms with Crippen molar-refractivity contribution < 1.29 is 19.1 Å². The molecule has 0 saturated heterocycles. The lowest BCUT2D eigenvalue weighted by molar-refractivity contribution is -0.132. The molecule has 1 amide bonds. The molecule has 0 bridgehead atoms. The van der Waals surface area contributed by atoms with Gasteiger partial charge in [-0.3, -0.25) is 9.59 Å². The van der Waals surface area contributed by atoms with Gasteiger partial charge in [-0.15, -0.1) is 0 Å². The minimum atomic E-state index is -0.435. The van der Waals surface area contributed by atoms with Gasteiger partial charge in [0, 0.05) is 12.5 Å². The van der Waals surface area contributed by atoms with E-state index in [0.717, 1.165) is 11.1 Å². The van der Waals surface area contributed by atoms with Crippen LogP contribution in [0.3, 0.4) is 0 Å². The summed E-state index contributed by atoms with van der Waals surface area (Å²) in [6, 6.07) is 22.2. The van der Waals surface area contributed by atoms with Crippen LogP contribution in [0.15, 0.2) is 77.9 Å². The van der Waals surface area contributed by atoms with E-state index in [1.165, 1.54) is 20.2 Å². The summed E-state index contributed by atoms with van der Waals surface area (Å²) >= 11 is 0. The average molecular weight is 388 g/mol. The third-order valence-corrected chi connectivity index (χ3v) is 4.08. The van der Waals surface area contributed by atoms with E-state index in [4.69, 9.17) is 9.47 Å². The molecule has 0 heterocycles. The van der Waals surface area contributed by atoms with Crippen LogP contribution < -0.4 is 14.9 Å². The predicted octanol–water partition coefficient (Wildman–Crippen LogP) is 4.05. The molecule has 146 valence electrons. The van der Waals surface area contributed by atoms with Crippen molar-refractivity contribution in [3.63, 3.8) is 0 Å². The van der Waals surface area contributed by atoms with Crippen molar-refractivity contribution in [1.82, 2.24) is 5.43 Å². The van der Waals surface area contributed by atoms with Gasteiger partial charge in [0.2, 0.25) is 0 Å². The molecule has 0 aliphatic heterocycles. The van der Waals surface area contributed by atoms with Gasteiger partial charge < -0.3 is 9.47 Å². The van der Waals surface area contributed by atoms with E-state index in [1.807, 2.05) is 42.5 Å². The number of nitrogens with zero attached hydrogens (tertiary/aromatic N) is 1. The molecule has 6 nitrogen and oxygen atoms in total. The highest BCUT2D eigenvalue weighted by Gasteiger charge is 2.08. The van der Waals surface area contributed by atoms with Crippen LogP contribution in [0.25, 0.3) is 11.1 Å². The summed E-state index contributed by atoms with van der Waals surface area (Å²) in [5.74, 6) is -0.0358. The van der Waals surface area contributed by atoms with Gasteiger partial charge in [0.05, 0.1) is 13.3 Å². The number of amides is 1. The molecule has 0 aliphatic carbocycles. The monoisotopic (exact) mass is 388 g/mol. The lowest BCUT2D eigenvalue weighted by Crippen LogP contribution is -2.17. The number of carbonyl (C=O) groups excluding carboxylic acids is 2. The SMILES string of the molecule is COc1cc(C=NNC(=O)c2ccc(-c3ccccc3)cc2)ccc1OC(C)=O. The molecule has 0 fully saturated rings. The summed E-state index contributed by atoms with van der Waals surface area (Å²) in [5, 5.41) is 3.98. The van der Waals surface area contributed by atoms with E-state index in [0.29, 0.717) is 22.6 Å². The van der Waals surface area contributed by atoms with Crippen LogP contribution in [-0.2, 0) is 4.79 Å². The molecule has 1 N–H and O–H groups in total. The average Bonchev–Trinajstić information content (AvgIpc) is 2.75. The number of hydrazone groups is 1. The summed E-state index contributed by atoms with van der Waals surface area (Å²) in [6.07, 6.45) is 1.48. The molecule has 6 heteroatoms. The maximum Gasteiger partial charge on any atom is 0.308 e. The van der Waals surface area contributed by atoms with E-state index >= 15 is 0 Å². The minimum Gasteiger partial charge on any atom is -0.493 e. The van der Waals surface area contributed by atoms with Gasteiger partial charge in [0.1, 0.15) is 0 Å². The third-order valence-electron chi connectivity index (χ3n) is 4.08. The van der Waals surface area contributed by atoms with Gasteiger partial charge in [0.15, 0.2) is 11.5 Å². The number of methoxy groups -OCH3 is 1. The number of benzene rings is 3. The summed E-state index contributed by atoms with van der Waals surface area (Å²) in [5.41, 5.74) is 5.80. The van der Waals surface area contributed by atoms with Gasteiger partial charge in [-0.1, -0.05) is 42.5 Å². The fourth-order valence-corrected chi connectivity index (χ4v) is 2.68. The summed E-state index contributed by atoms with van der Waals surface area (Å²) in [7, 11) is 1.48. The Hall–Kier alpha value is -3.93. The van der Waals surface area contributed by atoms with Crippen molar-refractivity contribution in [1.29, 1.82) is 0 Å². The number of carbonyl (C=O) groups is 2. The van der Waals surface area contributed by atoms with Crippen LogP contribution >= 0.6 is 0 Å². The molecule has 29 heavy (non-hydrogen) atoms. The van der Waals surface area contributed by atoms with Crippen LogP contribution in [-0.4, -0.2) is 25.2 Å². The second kappa shape index (κ2) is 9.32. The third kappa shape index (κ3) is 5.29. The Labute approximate surface area is 168 Å². The van der Waals surface area contributed by atoms with Crippen molar-refractivity contribution in [3.05, 3.63) is 83.9 Å². The first-order valence-electron chi connectivity index (χ1n) is 8.92. The molecule has 0 aliphatic rings. The van der Waals surface area contributed by atoms with E-state index < -0.39 is 5.97 Å². The fraction of sp³-hybridized carbons (Fsp3) is 0.0870. The summed E-state index contributed by atoms with van der Waals surface area (Å²) in [4.78, 5) is 23.4. The highest BCUT2D eigenvalue weighted by Crippen LogP contribution is 2.27. The highest BCUT2D eigenvalue weighted by molar-refractivity contribution is 5.95. The lowest BCUT2D eigenvalue weighted by atomic mass is 10.0. The highest BCUT2D eigenvalue weighted by atomic mass is 16.6. The lowest BCUT2D eigenvalue weighted by Gasteiger charge is -2.08. The molecule has 3 aromatic carbocycles. The van der Waals surface area contributed by atoms with Gasteiger partial charge in [-0.05, 0) is 47.0 Å². The first kappa shape index (κ1) is 19.8. The molecule has 0 atom stereocenters. The van der Waals surface area contributed by atoms with E-state index in [2.05, 4.69) is 10.5 Å². The Balaban J connectivity index is 1.64. The fourth-order valence-electron chi connectivity index (χ4n) is 2.68. The number of rotatable bonds is 6. The molecule has 3 rings (SSSR count). The number of hydrogen-bond donors (Lipinski definition) is 1. The Morgan fingerprint density at radius 2 is 1.59 bits per heavy atom. The van der Waals surface area contributed by atoms with Crippen molar-refractivity contribution >= 4 is 18.1 Å². The molecule has 0 radical (unpaired) electrons. The number of nitrogens with one attached hydrogen (secondary N) is 1. The first-order chi connectivity index (χ1) is 14.1. The van der Waals surface area contributed by atoms with Gasteiger partial charge in [0.25, 0.3) is 5.91 Å². The molecule has 0 saturated carbocycles. The van der Waals surface area contributed by atoms with Gasteiger partial charge in [-0.25, -0.2) is 5.43 Å². The molecule has 0 spiro atoms. The van der Waals surface area contributed by atoms with Gasteiger partial charge in [-0.2, -0.15) is 5.10 Å². The maximum atomic E-state index is 12.3. The van der Waals surface area contributed by atoms with Crippen LogP contribution in [0.1, 0.15) is 22.8 Å². The summed E-state index contributed by atoms with van der Waals surface area (Å²) in [6.45, 7) is 1.32. The second-order valence-electron chi connectivity index (χ2n) is 6.15. The molecule has 0 aromatic heterocycles. The van der Waals surface area contributed by atoms with Crippen molar-refractivity contribution in [2.45, 2.75) is 6.92 Å². The molecule has 0 unspecified atom stereocenters.